The number of ether oxygens (including phenoxy) is 1. The van der Waals surface area contributed by atoms with Crippen LogP contribution in [0.1, 0.15) is 15.4 Å². The summed E-state index contributed by atoms with van der Waals surface area (Å²) < 4.78 is 38.9. The zero-order valence-corrected chi connectivity index (χ0v) is 15.1. The van der Waals surface area contributed by atoms with Crippen molar-refractivity contribution in [3.63, 3.8) is 0 Å². The molecular weight excluding hydrogens is 366 g/mol. The SMILES string of the molecule is COC(=O)c1sccc1S(=O)(=O)NCc1cc(-c2ccco2)n(C)n1. The minimum absolute atomic E-state index is 0.0205. The fourth-order valence-electron chi connectivity index (χ4n) is 2.27. The van der Waals surface area contributed by atoms with Gasteiger partial charge in [-0.05, 0) is 29.6 Å². The lowest BCUT2D eigenvalue weighted by molar-refractivity contribution is 0.0602. The molecule has 3 rings (SSSR count). The third-order valence-corrected chi connectivity index (χ3v) is 5.90. The molecule has 0 fully saturated rings. The molecule has 10 heteroatoms. The second-order valence-corrected chi connectivity index (χ2v) is 7.70. The Hall–Kier alpha value is -2.43. The third-order valence-electron chi connectivity index (χ3n) is 3.44. The van der Waals surface area contributed by atoms with Gasteiger partial charge in [0.25, 0.3) is 0 Å². The highest BCUT2D eigenvalue weighted by atomic mass is 32.2. The van der Waals surface area contributed by atoms with Gasteiger partial charge in [-0.15, -0.1) is 11.3 Å². The van der Waals surface area contributed by atoms with E-state index in [1.165, 1.54) is 18.6 Å². The number of rotatable bonds is 6. The summed E-state index contributed by atoms with van der Waals surface area (Å²) >= 11 is 1.01. The van der Waals surface area contributed by atoms with Crippen molar-refractivity contribution < 1.29 is 22.4 Å². The Labute approximate surface area is 148 Å². The molecule has 0 saturated heterocycles. The molecule has 0 spiro atoms. The fraction of sp³-hybridized carbons (Fsp3) is 0.200. The predicted molar refractivity (Wildman–Crippen MR) is 90.6 cm³/mol. The molecule has 0 atom stereocenters. The van der Waals surface area contributed by atoms with Crippen LogP contribution in [-0.2, 0) is 28.4 Å². The molecule has 0 bridgehead atoms. The summed E-state index contributed by atoms with van der Waals surface area (Å²) in [7, 11) is -0.927. The first-order valence-electron chi connectivity index (χ1n) is 7.14. The normalized spacial score (nSPS) is 11.6. The number of nitrogens with zero attached hydrogens (tertiary/aromatic N) is 2. The number of hydrogen-bond acceptors (Lipinski definition) is 7. The number of aromatic nitrogens is 2. The molecule has 1 N–H and O–H groups in total. The summed E-state index contributed by atoms with van der Waals surface area (Å²) in [6, 6.07) is 6.65. The van der Waals surface area contributed by atoms with Gasteiger partial charge in [0.05, 0.1) is 25.6 Å². The van der Waals surface area contributed by atoms with Crippen molar-refractivity contribution in [2.75, 3.05) is 7.11 Å². The van der Waals surface area contributed by atoms with Gasteiger partial charge >= 0.3 is 5.97 Å². The molecule has 132 valence electrons. The number of carbonyl (C=O) groups excluding carboxylic acids is 1. The molecule has 3 aromatic rings. The number of carbonyl (C=O) groups is 1. The van der Waals surface area contributed by atoms with E-state index < -0.39 is 16.0 Å². The van der Waals surface area contributed by atoms with Gasteiger partial charge in [0.1, 0.15) is 15.5 Å². The van der Waals surface area contributed by atoms with Gasteiger partial charge in [-0.3, -0.25) is 4.68 Å². The molecule has 0 aliphatic carbocycles. The van der Waals surface area contributed by atoms with E-state index in [0.29, 0.717) is 11.5 Å². The number of nitrogens with one attached hydrogen (secondary N) is 1. The van der Waals surface area contributed by atoms with Gasteiger partial charge in [0.2, 0.25) is 10.0 Å². The Morgan fingerprint density at radius 2 is 2.24 bits per heavy atom. The van der Waals surface area contributed by atoms with E-state index >= 15 is 0 Å². The average molecular weight is 381 g/mol. The number of thiophene rings is 1. The monoisotopic (exact) mass is 381 g/mol. The molecule has 0 unspecified atom stereocenters. The van der Waals surface area contributed by atoms with Crippen molar-refractivity contribution in [2.24, 2.45) is 7.05 Å². The standard InChI is InChI=1S/C15H15N3O5S2/c1-18-11(12-4-3-6-23-12)8-10(17-18)9-16-25(20,21)13-5-7-24-14(13)15(19)22-2/h3-8,16H,9H2,1-2H3. The quantitative estimate of drug-likeness (QED) is 0.655. The number of aryl methyl sites for hydroxylation is 1. The summed E-state index contributed by atoms with van der Waals surface area (Å²) in [5.74, 6) is -0.0526. The van der Waals surface area contributed by atoms with Crippen molar-refractivity contribution >= 4 is 27.3 Å². The molecule has 0 aliphatic rings. The molecule has 3 heterocycles. The average Bonchev–Trinajstić information content (AvgIpc) is 3.32. The minimum atomic E-state index is -3.87. The van der Waals surface area contributed by atoms with Gasteiger partial charge in [-0.25, -0.2) is 17.9 Å². The maximum absolute atomic E-state index is 12.5. The van der Waals surface area contributed by atoms with Crippen molar-refractivity contribution in [1.82, 2.24) is 14.5 Å². The van der Waals surface area contributed by atoms with Gasteiger partial charge in [-0.1, -0.05) is 0 Å². The summed E-state index contributed by atoms with van der Waals surface area (Å²) in [5, 5.41) is 5.79. The van der Waals surface area contributed by atoms with Crippen LogP contribution in [-0.4, -0.2) is 31.3 Å². The highest BCUT2D eigenvalue weighted by Gasteiger charge is 2.24. The van der Waals surface area contributed by atoms with Crippen LogP contribution in [0.25, 0.3) is 11.5 Å². The lowest BCUT2D eigenvalue weighted by Crippen LogP contribution is -2.24. The van der Waals surface area contributed by atoms with Gasteiger partial charge in [0.15, 0.2) is 5.76 Å². The van der Waals surface area contributed by atoms with Crippen LogP contribution in [0.15, 0.2) is 45.2 Å². The Morgan fingerprint density at radius 3 is 2.92 bits per heavy atom. The van der Waals surface area contributed by atoms with E-state index in [0.717, 1.165) is 17.0 Å². The van der Waals surface area contributed by atoms with Crippen LogP contribution in [0, 0.1) is 0 Å². The first-order valence-corrected chi connectivity index (χ1v) is 9.51. The summed E-state index contributed by atoms with van der Waals surface area (Å²) in [5.41, 5.74) is 1.25. The first kappa shape index (κ1) is 17.4. The van der Waals surface area contributed by atoms with E-state index in [1.807, 2.05) is 0 Å². The van der Waals surface area contributed by atoms with Crippen LogP contribution in [0.2, 0.25) is 0 Å². The van der Waals surface area contributed by atoms with E-state index in [-0.39, 0.29) is 16.3 Å². The van der Waals surface area contributed by atoms with Crippen molar-refractivity contribution in [3.05, 3.63) is 46.5 Å². The summed E-state index contributed by atoms with van der Waals surface area (Å²) in [4.78, 5) is 11.6. The number of furan rings is 1. The number of hydrogen-bond donors (Lipinski definition) is 1. The van der Waals surface area contributed by atoms with Gasteiger partial charge in [0, 0.05) is 7.05 Å². The molecule has 0 saturated carbocycles. The van der Waals surface area contributed by atoms with E-state index in [9.17, 15) is 13.2 Å². The molecule has 3 aromatic heterocycles. The zero-order valence-electron chi connectivity index (χ0n) is 13.4. The number of esters is 1. The number of methoxy groups -OCH3 is 1. The van der Waals surface area contributed by atoms with Gasteiger partial charge < -0.3 is 9.15 Å². The number of sulfonamides is 1. The predicted octanol–water partition coefficient (Wildman–Crippen LogP) is 2.01. The van der Waals surface area contributed by atoms with Crippen LogP contribution >= 0.6 is 11.3 Å². The van der Waals surface area contributed by atoms with Crippen LogP contribution in [0.3, 0.4) is 0 Å². The maximum Gasteiger partial charge on any atom is 0.349 e. The van der Waals surface area contributed by atoms with E-state index in [4.69, 9.17) is 4.42 Å². The molecule has 0 amide bonds. The summed E-state index contributed by atoms with van der Waals surface area (Å²) in [6.45, 7) is -0.0205. The van der Waals surface area contributed by atoms with Crippen molar-refractivity contribution in [2.45, 2.75) is 11.4 Å². The highest BCUT2D eigenvalue weighted by Crippen LogP contribution is 2.23. The van der Waals surface area contributed by atoms with Crippen molar-refractivity contribution in [1.29, 1.82) is 0 Å². The van der Waals surface area contributed by atoms with Crippen LogP contribution in [0.5, 0.6) is 0 Å². The van der Waals surface area contributed by atoms with Crippen LogP contribution in [0.4, 0.5) is 0 Å². The topological polar surface area (TPSA) is 103 Å². The fourth-order valence-corrected chi connectivity index (χ4v) is 4.60. The Morgan fingerprint density at radius 1 is 1.44 bits per heavy atom. The van der Waals surface area contributed by atoms with Crippen molar-refractivity contribution in [3.8, 4) is 11.5 Å². The minimum Gasteiger partial charge on any atom is -0.465 e. The Kier molecular flexibility index (Phi) is 4.75. The molecule has 0 aromatic carbocycles. The zero-order chi connectivity index (χ0) is 18.0. The molecule has 8 nitrogen and oxygen atoms in total. The first-order chi connectivity index (χ1) is 11.9. The van der Waals surface area contributed by atoms with E-state index in [1.54, 1.807) is 36.2 Å². The molecule has 0 radical (unpaired) electrons. The Bertz CT molecular complexity index is 986. The smallest absolute Gasteiger partial charge is 0.349 e. The second kappa shape index (κ2) is 6.82. The van der Waals surface area contributed by atoms with Crippen LogP contribution < -0.4 is 4.72 Å². The third kappa shape index (κ3) is 3.50. The molecule has 25 heavy (non-hydrogen) atoms. The molecular formula is C15H15N3O5S2. The second-order valence-electron chi connectivity index (χ2n) is 5.05. The molecule has 0 aliphatic heterocycles. The maximum atomic E-state index is 12.5. The Balaban J connectivity index is 1.79. The lowest BCUT2D eigenvalue weighted by atomic mass is 10.3. The lowest BCUT2D eigenvalue weighted by Gasteiger charge is -2.05. The van der Waals surface area contributed by atoms with E-state index in [2.05, 4.69) is 14.6 Å². The van der Waals surface area contributed by atoms with Gasteiger partial charge in [-0.2, -0.15) is 5.10 Å². The highest BCUT2D eigenvalue weighted by molar-refractivity contribution is 7.89. The summed E-state index contributed by atoms with van der Waals surface area (Å²) in [6.07, 6.45) is 1.55. The largest absolute Gasteiger partial charge is 0.465 e.